The number of para-hydroxylation sites is 4. The second kappa shape index (κ2) is 37.8. The van der Waals surface area contributed by atoms with Gasteiger partial charge in [-0.3, -0.25) is 0 Å². The molecule has 48 heavy (non-hydrogen) atoms. The zero-order valence-corrected chi connectivity index (χ0v) is 37.9. The van der Waals surface area contributed by atoms with Crippen LogP contribution in [-0.2, 0) is 42.1 Å². The van der Waals surface area contributed by atoms with Gasteiger partial charge in [-0.1, -0.05) is 121 Å². The molecule has 10 heteroatoms. The Morgan fingerprint density at radius 1 is 0.333 bits per heavy atom. The number of rotatable bonds is 4. The van der Waals surface area contributed by atoms with Gasteiger partial charge in [-0.25, -0.2) is 19.4 Å². The monoisotopic (exact) mass is 1080 g/mol. The van der Waals surface area contributed by atoms with E-state index in [0.29, 0.717) is 22.7 Å². The van der Waals surface area contributed by atoms with Crippen LogP contribution in [0.3, 0.4) is 0 Å². The maximum absolute atomic E-state index is 6.57. The number of nitrogens with zero attached hydrogens (tertiary/aromatic N) is 4. The van der Waals surface area contributed by atoms with Gasteiger partial charge in [-0.2, -0.15) is 0 Å². The van der Waals surface area contributed by atoms with Crippen LogP contribution in [0, 0.1) is 26.3 Å². The van der Waals surface area contributed by atoms with Crippen molar-refractivity contribution in [3.05, 3.63) is 167 Å². The van der Waals surface area contributed by atoms with Gasteiger partial charge in [-0.15, -0.1) is 0 Å². The summed E-state index contributed by atoms with van der Waals surface area (Å²) in [6.07, 6.45) is 0. The van der Waals surface area contributed by atoms with Gasteiger partial charge >= 0.3 is 42.1 Å². The van der Waals surface area contributed by atoms with Crippen LogP contribution < -0.4 is 0 Å². The molecule has 0 heterocycles. The van der Waals surface area contributed by atoms with Crippen LogP contribution in [0.1, 0.15) is 0 Å². The van der Waals surface area contributed by atoms with Gasteiger partial charge < -0.3 is 0 Å². The summed E-state index contributed by atoms with van der Waals surface area (Å²) >= 11 is 0. The van der Waals surface area contributed by atoms with Crippen molar-refractivity contribution in [2.75, 3.05) is 65.1 Å². The first kappa shape index (κ1) is 52.7. The third kappa shape index (κ3) is 38.4. The van der Waals surface area contributed by atoms with Crippen molar-refractivity contribution in [1.29, 1.82) is 0 Å². The summed E-state index contributed by atoms with van der Waals surface area (Å²) in [7, 11) is 0.444. The van der Waals surface area contributed by atoms with Crippen molar-refractivity contribution in [2.24, 2.45) is 0 Å². The predicted octanol–water partition coefficient (Wildman–Crippen LogP) is 12.7. The Kier molecular flexibility index (Phi) is 41.5. The van der Waals surface area contributed by atoms with E-state index in [1.807, 2.05) is 72.8 Å². The Morgan fingerprint density at radius 3 is 0.542 bits per heavy atom. The van der Waals surface area contributed by atoms with Crippen molar-refractivity contribution < 1.29 is 42.1 Å². The summed E-state index contributed by atoms with van der Waals surface area (Å²) < 4.78 is 0. The van der Waals surface area contributed by atoms with Gasteiger partial charge in [0.25, 0.3) is 0 Å². The molecule has 4 aromatic rings. The number of hydrogen-bond acceptors (Lipinski definition) is 0. The molecule has 256 valence electrons. The first-order valence-corrected chi connectivity index (χ1v) is 25.7. The molecule has 0 saturated heterocycles. The first-order chi connectivity index (χ1) is 22.0. The zero-order valence-electron chi connectivity index (χ0n) is 29.4. The Balaban J connectivity index is -0.000000240. The largest absolute Gasteiger partial charge is 2.00 e. The SMILES string of the molecule is C[PH+](C)C[PH+](C)C.C[PH+](C)C[PH+](C)C.[C-]#[N+]c1ccccc1.[C-]#[N+]c1ccccc1.[C-]#[N+]c1ccccc1.[C-]#[N+]c1ccccc1.[Pt+2].[Pt+2]. The fraction of sp³-hybridized carbons (Fsp3) is 0.263. The van der Waals surface area contributed by atoms with Crippen molar-refractivity contribution in [2.45, 2.75) is 0 Å². The van der Waals surface area contributed by atoms with Crippen LogP contribution in [-0.4, -0.2) is 65.1 Å². The zero-order chi connectivity index (χ0) is 35.0. The maximum atomic E-state index is 6.57. The van der Waals surface area contributed by atoms with E-state index < -0.39 is 0 Å². The summed E-state index contributed by atoms with van der Waals surface area (Å²) in [5.74, 6) is 3.13. The van der Waals surface area contributed by atoms with Gasteiger partial charge in [0.1, 0.15) is 0 Å². The number of benzene rings is 4. The minimum atomic E-state index is 0. The van der Waals surface area contributed by atoms with Crippen LogP contribution in [0.15, 0.2) is 121 Å². The Morgan fingerprint density at radius 2 is 0.479 bits per heavy atom. The third-order valence-electron chi connectivity index (χ3n) is 4.96. The predicted molar refractivity (Wildman–Crippen MR) is 221 cm³/mol. The van der Waals surface area contributed by atoms with Gasteiger partial charge in [0.05, 0.1) is 26.3 Å². The molecule has 0 unspecified atom stereocenters. The van der Waals surface area contributed by atoms with E-state index in [1.165, 1.54) is 0 Å². The molecule has 0 aliphatic carbocycles. The second-order valence-corrected chi connectivity index (χ2v) is 23.5. The molecule has 0 amide bonds. The molecule has 0 saturated carbocycles. The van der Waals surface area contributed by atoms with Gasteiger partial charge in [-0.05, 0) is 0 Å². The van der Waals surface area contributed by atoms with Gasteiger partial charge in [0.2, 0.25) is 0 Å². The fourth-order valence-corrected chi connectivity index (χ4v) is 14.7. The molecule has 0 spiro atoms. The van der Waals surface area contributed by atoms with Crippen LogP contribution in [0.4, 0.5) is 22.7 Å². The van der Waals surface area contributed by atoms with Crippen molar-refractivity contribution in [3.63, 3.8) is 0 Å². The van der Waals surface area contributed by atoms with Crippen molar-refractivity contribution in [3.8, 4) is 0 Å². The van der Waals surface area contributed by atoms with E-state index in [2.05, 4.69) is 72.7 Å². The molecule has 0 aromatic heterocycles. The van der Waals surface area contributed by atoms with E-state index in [1.54, 1.807) is 60.3 Å². The molecular weight excluding hydrogens is 1030 g/mol. The van der Waals surface area contributed by atoms with Crippen LogP contribution >= 0.6 is 31.7 Å². The van der Waals surface area contributed by atoms with E-state index in [0.717, 1.165) is 0 Å². The Bertz CT molecular complexity index is 1210. The third-order valence-corrected chi connectivity index (χ3v) is 16.3. The molecule has 4 aromatic carbocycles. The molecule has 0 fully saturated rings. The van der Waals surface area contributed by atoms with Gasteiger partial charge in [0.15, 0.2) is 34.6 Å². The molecule has 4 rings (SSSR count). The second-order valence-electron chi connectivity index (χ2n) is 11.0. The quantitative estimate of drug-likeness (QED) is 0.143. The molecule has 4 nitrogen and oxygen atoms in total. The Labute approximate surface area is 326 Å². The summed E-state index contributed by atoms with van der Waals surface area (Å²) in [5.41, 5.74) is 2.81. The molecule has 0 radical (unpaired) electrons. The standard InChI is InChI=1S/4C7H5N.2C5H14P2.2Pt/c4*1-8-7-5-3-2-4-6-7;2*1-6(2)5-7(3)4;;/h4*2-6H;2*5H2,1-4H3;;/q;;;;;;2*+2/p+4. The molecule has 0 N–H and O–H groups in total. The summed E-state index contributed by atoms with van der Waals surface area (Å²) in [6.45, 7) is 45.4. The average Bonchev–Trinajstić information content (AvgIpc) is 3.06. The van der Waals surface area contributed by atoms with E-state index >= 15 is 0 Å². The van der Waals surface area contributed by atoms with Gasteiger partial charge in [0, 0.05) is 85.0 Å². The molecular formula is C38H52N4P4Pt2+8. The minimum absolute atomic E-state index is 0. The van der Waals surface area contributed by atoms with E-state index in [-0.39, 0.29) is 73.8 Å². The first-order valence-electron chi connectivity index (χ1n) is 14.8. The summed E-state index contributed by atoms with van der Waals surface area (Å²) in [6, 6.07) is 36.7. The van der Waals surface area contributed by atoms with Crippen LogP contribution in [0.2, 0.25) is 0 Å². The normalized spacial score (nSPS) is 8.50. The van der Waals surface area contributed by atoms with Crippen LogP contribution in [0.5, 0.6) is 0 Å². The average molecular weight is 1080 g/mol. The summed E-state index contributed by atoms with van der Waals surface area (Å²) in [4.78, 5) is 12.9. The number of hydrogen-bond donors (Lipinski definition) is 0. The fourth-order valence-electron chi connectivity index (χ4n) is 3.42. The summed E-state index contributed by atoms with van der Waals surface area (Å²) in [5, 5.41) is 0. The molecule has 0 aliphatic heterocycles. The van der Waals surface area contributed by atoms with E-state index in [9.17, 15) is 0 Å². The molecule has 0 bridgehead atoms. The maximum Gasteiger partial charge on any atom is 2.00 e. The topological polar surface area (TPSA) is 17.4 Å². The van der Waals surface area contributed by atoms with Crippen LogP contribution in [0.25, 0.3) is 19.4 Å². The molecule has 0 atom stereocenters. The minimum Gasteiger partial charge on any atom is -0.238 e. The Hall–Kier alpha value is -2.06. The smallest absolute Gasteiger partial charge is 0.238 e. The van der Waals surface area contributed by atoms with E-state index in [4.69, 9.17) is 26.3 Å². The van der Waals surface area contributed by atoms with Crippen molar-refractivity contribution >= 4 is 54.4 Å². The van der Waals surface area contributed by atoms with Crippen molar-refractivity contribution in [1.82, 2.24) is 0 Å². The molecule has 0 aliphatic rings.